The van der Waals surface area contributed by atoms with Crippen molar-refractivity contribution in [3.05, 3.63) is 0 Å². The van der Waals surface area contributed by atoms with E-state index in [0.29, 0.717) is 11.8 Å². The molecule has 6 heteroatoms. The van der Waals surface area contributed by atoms with Crippen molar-refractivity contribution in [2.45, 2.75) is 6.10 Å². The highest BCUT2D eigenvalue weighted by Gasteiger charge is 2.14. The van der Waals surface area contributed by atoms with Crippen LogP contribution < -0.4 is 5.73 Å². The normalized spacial score (nSPS) is 12.6. The van der Waals surface area contributed by atoms with Crippen molar-refractivity contribution in [1.29, 1.82) is 0 Å². The Kier molecular flexibility index (Phi) is 4.54. The molecule has 0 aromatic rings. The van der Waals surface area contributed by atoms with E-state index in [9.17, 15) is 4.79 Å². The van der Waals surface area contributed by atoms with Gasteiger partial charge in [0.15, 0.2) is 0 Å². The summed E-state index contributed by atoms with van der Waals surface area (Å²) in [7, 11) is 0. The first-order valence-corrected chi connectivity index (χ1v) is 3.60. The zero-order valence-corrected chi connectivity index (χ0v) is 6.61. The van der Waals surface area contributed by atoms with Crippen molar-refractivity contribution in [3.8, 4) is 0 Å². The Labute approximate surface area is 67.4 Å². The average molecular weight is 181 g/mol. The summed E-state index contributed by atoms with van der Waals surface area (Å²) in [6.45, 7) is -0.603. The Morgan fingerprint density at radius 2 is 2.30 bits per heavy atom. The second-order valence-corrected chi connectivity index (χ2v) is 3.18. The molecule has 0 spiro atoms. The molecule has 0 aliphatic rings. The van der Waals surface area contributed by atoms with Crippen LogP contribution in [0.4, 0.5) is 0 Å². The molecule has 1 atom stereocenters. The third-order valence-corrected chi connectivity index (χ3v) is 1.57. The Bertz CT molecular complexity index is 149. The number of carbonyl (C=O) groups excluding carboxylic acids is 1. The maximum absolute atomic E-state index is 10.6. The lowest BCUT2D eigenvalue weighted by Gasteiger charge is -2.02. The number of aliphatic hydroxyl groups is 2. The monoisotopic (exact) mass is 181 g/mol. The summed E-state index contributed by atoms with van der Waals surface area (Å²) < 4.78 is -0.0579. The summed E-state index contributed by atoms with van der Waals surface area (Å²) >= 11 is 4.91. The highest BCUT2D eigenvalue weighted by molar-refractivity contribution is 8.32. The number of carbonyl (C=O) groups is 1. The molecule has 4 N–H and O–H groups in total. The van der Waals surface area contributed by atoms with E-state index < -0.39 is 17.8 Å². The van der Waals surface area contributed by atoms with Gasteiger partial charge in [0.25, 0.3) is 0 Å². The zero-order chi connectivity index (χ0) is 8.15. The third kappa shape index (κ3) is 3.78. The van der Waals surface area contributed by atoms with Crippen LogP contribution in [0.5, 0.6) is 0 Å². The molecule has 0 heterocycles. The highest BCUT2D eigenvalue weighted by Crippen LogP contribution is 2.04. The first kappa shape index (κ1) is 9.83. The Balaban J connectivity index is 3.73. The van der Waals surface area contributed by atoms with E-state index in [1.54, 1.807) is 0 Å². The van der Waals surface area contributed by atoms with Gasteiger partial charge in [-0.15, -0.1) is 0 Å². The Hall–Kier alpha value is -0.170. The van der Waals surface area contributed by atoms with Gasteiger partial charge in [-0.1, -0.05) is 12.2 Å². The van der Waals surface area contributed by atoms with Crippen molar-refractivity contribution < 1.29 is 15.0 Å². The molecule has 0 aliphatic carbocycles. The largest absolute Gasteiger partial charge is 0.393 e. The smallest absolute Gasteiger partial charge is 0.226 e. The first-order valence-electron chi connectivity index (χ1n) is 2.38. The number of nitrogens with two attached hydrogens (primary N) is 1. The second-order valence-electron chi connectivity index (χ2n) is 1.44. The maximum atomic E-state index is 10.6. The fourth-order valence-electron chi connectivity index (χ4n) is 0.242. The summed E-state index contributed by atoms with van der Waals surface area (Å²) in [5.41, 5.74) is 4.97. The van der Waals surface area contributed by atoms with Gasteiger partial charge in [0.1, 0.15) is 10.4 Å². The average Bonchev–Trinajstić information content (AvgIpc) is 1.85. The molecule has 0 fully saturated rings. The summed E-state index contributed by atoms with van der Waals surface area (Å²) in [5, 5.41) is 16.3. The SMILES string of the molecule is NC(=S)SC(=O)C(O)CO. The number of hydrogen-bond acceptors (Lipinski definition) is 5. The van der Waals surface area contributed by atoms with Crippen LogP contribution in [0.3, 0.4) is 0 Å². The Morgan fingerprint density at radius 3 is 2.60 bits per heavy atom. The fourth-order valence-corrected chi connectivity index (χ4v) is 0.897. The van der Waals surface area contributed by atoms with E-state index in [2.05, 4.69) is 12.2 Å². The van der Waals surface area contributed by atoms with Crippen LogP contribution in [0.1, 0.15) is 0 Å². The predicted octanol–water partition coefficient (Wildman–Crippen LogP) is -1.16. The fraction of sp³-hybridized carbons (Fsp3) is 0.500. The van der Waals surface area contributed by atoms with Crippen LogP contribution in [0.2, 0.25) is 0 Å². The molecule has 0 amide bonds. The number of hydrogen-bond donors (Lipinski definition) is 3. The molecule has 0 aromatic heterocycles. The van der Waals surface area contributed by atoms with Crippen molar-refractivity contribution in [3.63, 3.8) is 0 Å². The lowest BCUT2D eigenvalue weighted by Crippen LogP contribution is -2.23. The molecule has 0 rings (SSSR count). The van der Waals surface area contributed by atoms with E-state index in [1.807, 2.05) is 0 Å². The van der Waals surface area contributed by atoms with Gasteiger partial charge in [0.05, 0.1) is 6.61 Å². The Morgan fingerprint density at radius 1 is 1.80 bits per heavy atom. The molecule has 1 unspecified atom stereocenters. The molecule has 0 saturated heterocycles. The standard InChI is InChI=1S/C4H7NO3S2/c5-4(9)10-3(8)2(7)1-6/h2,6-7H,1H2,(H2,5,9). The molecule has 0 bridgehead atoms. The van der Waals surface area contributed by atoms with Gasteiger partial charge in [0, 0.05) is 0 Å². The van der Waals surface area contributed by atoms with Crippen LogP contribution in [-0.2, 0) is 4.79 Å². The topological polar surface area (TPSA) is 83.6 Å². The summed E-state index contributed by atoms with van der Waals surface area (Å²) in [4.78, 5) is 10.6. The minimum absolute atomic E-state index is 0.0579. The van der Waals surface area contributed by atoms with Gasteiger partial charge < -0.3 is 15.9 Å². The molecule has 0 aliphatic heterocycles. The van der Waals surface area contributed by atoms with Crippen LogP contribution >= 0.6 is 24.0 Å². The number of rotatable bonds is 2. The minimum atomic E-state index is -1.38. The van der Waals surface area contributed by atoms with Gasteiger partial charge in [-0.05, 0) is 11.8 Å². The predicted molar refractivity (Wildman–Crippen MR) is 42.5 cm³/mol. The van der Waals surface area contributed by atoms with Crippen molar-refractivity contribution >= 4 is 33.4 Å². The van der Waals surface area contributed by atoms with Crippen molar-refractivity contribution in [2.24, 2.45) is 5.73 Å². The quantitative estimate of drug-likeness (QED) is 0.466. The third-order valence-electron chi connectivity index (χ3n) is 0.646. The summed E-state index contributed by atoms with van der Waals surface area (Å²) in [6.07, 6.45) is -1.38. The summed E-state index contributed by atoms with van der Waals surface area (Å²) in [5.74, 6) is 0. The van der Waals surface area contributed by atoms with Gasteiger partial charge in [-0.25, -0.2) is 0 Å². The molecular weight excluding hydrogens is 174 g/mol. The number of thioether (sulfide) groups is 1. The van der Waals surface area contributed by atoms with E-state index in [-0.39, 0.29) is 4.32 Å². The summed E-state index contributed by atoms with van der Waals surface area (Å²) in [6, 6.07) is 0. The lowest BCUT2D eigenvalue weighted by atomic mass is 10.4. The van der Waals surface area contributed by atoms with E-state index in [4.69, 9.17) is 15.9 Å². The lowest BCUT2D eigenvalue weighted by molar-refractivity contribution is -0.119. The van der Waals surface area contributed by atoms with Gasteiger partial charge in [-0.3, -0.25) is 4.79 Å². The van der Waals surface area contributed by atoms with Gasteiger partial charge in [0.2, 0.25) is 5.12 Å². The van der Waals surface area contributed by atoms with Crippen LogP contribution in [0.15, 0.2) is 0 Å². The zero-order valence-electron chi connectivity index (χ0n) is 4.98. The van der Waals surface area contributed by atoms with Gasteiger partial charge >= 0.3 is 0 Å². The van der Waals surface area contributed by atoms with Crippen LogP contribution in [0.25, 0.3) is 0 Å². The number of thiocarbonyl (C=S) groups is 1. The van der Waals surface area contributed by atoms with Crippen LogP contribution in [0, 0.1) is 0 Å². The van der Waals surface area contributed by atoms with E-state index in [1.165, 1.54) is 0 Å². The molecule has 4 nitrogen and oxygen atoms in total. The second kappa shape index (κ2) is 4.62. The number of aliphatic hydroxyl groups excluding tert-OH is 2. The van der Waals surface area contributed by atoms with Crippen molar-refractivity contribution in [1.82, 2.24) is 0 Å². The molecular formula is C4H7NO3S2. The van der Waals surface area contributed by atoms with E-state index >= 15 is 0 Å². The maximum Gasteiger partial charge on any atom is 0.226 e. The van der Waals surface area contributed by atoms with Gasteiger partial charge in [-0.2, -0.15) is 0 Å². The van der Waals surface area contributed by atoms with Crippen molar-refractivity contribution in [2.75, 3.05) is 6.61 Å². The molecule has 0 saturated carbocycles. The highest BCUT2D eigenvalue weighted by atomic mass is 32.2. The van der Waals surface area contributed by atoms with Crippen LogP contribution in [-0.4, -0.2) is 32.4 Å². The van der Waals surface area contributed by atoms with E-state index in [0.717, 1.165) is 0 Å². The molecule has 0 radical (unpaired) electrons. The molecule has 58 valence electrons. The minimum Gasteiger partial charge on any atom is -0.393 e. The molecule has 10 heavy (non-hydrogen) atoms. The molecule has 0 aromatic carbocycles. The first-order chi connectivity index (χ1) is 4.57.